The van der Waals surface area contributed by atoms with E-state index in [1.165, 1.54) is 5.56 Å². The number of benzene rings is 1. The maximum atomic E-state index is 5.83. The predicted octanol–water partition coefficient (Wildman–Crippen LogP) is 3.80. The number of hydrogen-bond acceptors (Lipinski definition) is 2. The molecule has 1 N–H and O–H groups in total. The van der Waals surface area contributed by atoms with Gasteiger partial charge in [-0.15, -0.1) is 0 Å². The third-order valence-corrected chi connectivity index (χ3v) is 2.78. The van der Waals surface area contributed by atoms with Gasteiger partial charge in [0.2, 0.25) is 0 Å². The van der Waals surface area contributed by atoms with Crippen LogP contribution in [0.2, 0.25) is 5.02 Å². The van der Waals surface area contributed by atoms with Gasteiger partial charge in [-0.05, 0) is 17.7 Å². The average Bonchev–Trinajstić information content (AvgIpc) is 2.47. The van der Waals surface area contributed by atoms with Gasteiger partial charge in [0.25, 0.3) is 0 Å². The third kappa shape index (κ3) is 7.00. The molecule has 1 saturated heterocycles. The molecule has 2 nitrogen and oxygen atoms in total. The van der Waals surface area contributed by atoms with E-state index >= 15 is 0 Å². The van der Waals surface area contributed by atoms with Crippen molar-refractivity contribution in [1.29, 1.82) is 0 Å². The highest BCUT2D eigenvalue weighted by molar-refractivity contribution is 6.30. The molecule has 1 fully saturated rings. The Morgan fingerprint density at radius 2 is 1.50 bits per heavy atom. The summed E-state index contributed by atoms with van der Waals surface area (Å²) in [5, 5.41) is 4.16. The molecule has 0 bridgehead atoms. The molecule has 1 aliphatic heterocycles. The van der Waals surface area contributed by atoms with Crippen molar-refractivity contribution in [1.82, 2.24) is 10.2 Å². The molecular formula is C15H27ClN2. The molecule has 0 radical (unpaired) electrons. The average molecular weight is 271 g/mol. The Balaban J connectivity index is 0.000000659. The van der Waals surface area contributed by atoms with Crippen molar-refractivity contribution in [2.45, 2.75) is 34.2 Å². The first-order chi connectivity index (χ1) is 8.84. The van der Waals surface area contributed by atoms with Gasteiger partial charge in [-0.1, -0.05) is 51.4 Å². The van der Waals surface area contributed by atoms with Crippen LogP contribution in [0.25, 0.3) is 0 Å². The van der Waals surface area contributed by atoms with E-state index in [1.54, 1.807) is 0 Å². The Morgan fingerprint density at radius 3 is 2.00 bits per heavy atom. The Labute approximate surface area is 117 Å². The zero-order valence-electron chi connectivity index (χ0n) is 12.2. The molecule has 1 heterocycles. The second-order valence-corrected chi connectivity index (χ2v) is 4.09. The van der Waals surface area contributed by atoms with Gasteiger partial charge in [0, 0.05) is 37.7 Å². The van der Waals surface area contributed by atoms with Crippen LogP contribution in [-0.2, 0) is 6.54 Å². The Kier molecular flexibility index (Phi) is 11.2. The number of piperazine rings is 1. The molecule has 2 rings (SSSR count). The molecule has 1 aromatic carbocycles. The van der Waals surface area contributed by atoms with E-state index in [4.69, 9.17) is 11.6 Å². The lowest BCUT2D eigenvalue weighted by Crippen LogP contribution is -2.42. The zero-order valence-corrected chi connectivity index (χ0v) is 12.9. The van der Waals surface area contributed by atoms with Gasteiger partial charge in [0.1, 0.15) is 0 Å². The molecular weight excluding hydrogens is 244 g/mol. The van der Waals surface area contributed by atoms with E-state index in [1.807, 2.05) is 39.8 Å². The number of nitrogens with one attached hydrogen (secondary N) is 1. The third-order valence-electron chi connectivity index (χ3n) is 2.53. The largest absolute Gasteiger partial charge is 0.314 e. The quantitative estimate of drug-likeness (QED) is 0.879. The monoisotopic (exact) mass is 270 g/mol. The van der Waals surface area contributed by atoms with E-state index in [2.05, 4.69) is 22.3 Å². The lowest BCUT2D eigenvalue weighted by molar-refractivity contribution is 0.233. The van der Waals surface area contributed by atoms with Gasteiger partial charge < -0.3 is 5.32 Å². The summed E-state index contributed by atoms with van der Waals surface area (Å²) < 4.78 is 0. The van der Waals surface area contributed by atoms with E-state index < -0.39 is 0 Å². The summed E-state index contributed by atoms with van der Waals surface area (Å²) >= 11 is 5.83. The zero-order chi connectivity index (χ0) is 13.8. The molecule has 0 spiro atoms. The van der Waals surface area contributed by atoms with Crippen LogP contribution in [0.4, 0.5) is 0 Å². The molecule has 0 aliphatic carbocycles. The van der Waals surface area contributed by atoms with E-state index in [9.17, 15) is 0 Å². The maximum Gasteiger partial charge on any atom is 0.0406 e. The highest BCUT2D eigenvalue weighted by Crippen LogP contribution is 2.11. The Bertz CT molecular complexity index is 279. The lowest BCUT2D eigenvalue weighted by atomic mass is 10.2. The van der Waals surface area contributed by atoms with Crippen molar-refractivity contribution in [3.05, 3.63) is 34.9 Å². The summed E-state index contributed by atoms with van der Waals surface area (Å²) in [6.07, 6.45) is 0. The Hall–Kier alpha value is -0.570. The van der Waals surface area contributed by atoms with E-state index in [-0.39, 0.29) is 0 Å². The first-order valence-electron chi connectivity index (χ1n) is 7.02. The predicted molar refractivity (Wildman–Crippen MR) is 82.3 cm³/mol. The molecule has 0 aromatic heterocycles. The van der Waals surface area contributed by atoms with Crippen LogP contribution in [0.15, 0.2) is 24.3 Å². The van der Waals surface area contributed by atoms with Crippen LogP contribution < -0.4 is 5.32 Å². The Morgan fingerprint density at radius 1 is 1.00 bits per heavy atom. The summed E-state index contributed by atoms with van der Waals surface area (Å²) in [7, 11) is 0. The van der Waals surface area contributed by atoms with Gasteiger partial charge >= 0.3 is 0 Å². The van der Waals surface area contributed by atoms with Crippen LogP contribution in [0.3, 0.4) is 0 Å². The van der Waals surface area contributed by atoms with Crippen molar-refractivity contribution in [2.75, 3.05) is 26.2 Å². The lowest BCUT2D eigenvalue weighted by Gasteiger charge is -2.27. The number of nitrogens with zero attached hydrogens (tertiary/aromatic N) is 1. The normalized spacial score (nSPS) is 14.9. The van der Waals surface area contributed by atoms with Crippen LogP contribution in [0.5, 0.6) is 0 Å². The van der Waals surface area contributed by atoms with E-state index in [0.717, 1.165) is 37.7 Å². The number of rotatable bonds is 2. The van der Waals surface area contributed by atoms with Crippen LogP contribution in [-0.4, -0.2) is 31.1 Å². The van der Waals surface area contributed by atoms with Crippen molar-refractivity contribution in [2.24, 2.45) is 0 Å². The van der Waals surface area contributed by atoms with Gasteiger partial charge in [-0.3, -0.25) is 4.90 Å². The van der Waals surface area contributed by atoms with Gasteiger partial charge in [0.15, 0.2) is 0 Å². The molecule has 18 heavy (non-hydrogen) atoms. The van der Waals surface area contributed by atoms with Gasteiger partial charge in [0.05, 0.1) is 0 Å². The molecule has 3 heteroatoms. The minimum Gasteiger partial charge on any atom is -0.314 e. The van der Waals surface area contributed by atoms with Crippen LogP contribution >= 0.6 is 11.6 Å². The highest BCUT2D eigenvalue weighted by atomic mass is 35.5. The van der Waals surface area contributed by atoms with E-state index in [0.29, 0.717) is 0 Å². The SMILES string of the molecule is CC.CC.Clc1ccc(CN2CCNCC2)cc1. The molecule has 1 aliphatic rings. The smallest absolute Gasteiger partial charge is 0.0406 e. The molecule has 104 valence electrons. The van der Waals surface area contributed by atoms with Gasteiger partial charge in [-0.25, -0.2) is 0 Å². The van der Waals surface area contributed by atoms with Gasteiger partial charge in [-0.2, -0.15) is 0 Å². The first-order valence-corrected chi connectivity index (χ1v) is 7.40. The number of halogens is 1. The molecule has 0 saturated carbocycles. The molecule has 0 unspecified atom stereocenters. The van der Waals surface area contributed by atoms with Crippen molar-refractivity contribution in [3.63, 3.8) is 0 Å². The minimum absolute atomic E-state index is 0.814. The molecule has 1 aromatic rings. The molecule has 0 atom stereocenters. The fourth-order valence-electron chi connectivity index (χ4n) is 1.72. The summed E-state index contributed by atoms with van der Waals surface area (Å²) in [4.78, 5) is 2.46. The second kappa shape index (κ2) is 11.5. The highest BCUT2D eigenvalue weighted by Gasteiger charge is 2.09. The minimum atomic E-state index is 0.814. The van der Waals surface area contributed by atoms with Crippen molar-refractivity contribution in [3.8, 4) is 0 Å². The van der Waals surface area contributed by atoms with Crippen molar-refractivity contribution < 1.29 is 0 Å². The maximum absolute atomic E-state index is 5.83. The topological polar surface area (TPSA) is 15.3 Å². The number of hydrogen-bond donors (Lipinski definition) is 1. The summed E-state index contributed by atoms with van der Waals surface area (Å²) in [5.41, 5.74) is 1.34. The second-order valence-electron chi connectivity index (χ2n) is 3.65. The van der Waals surface area contributed by atoms with Crippen LogP contribution in [0, 0.1) is 0 Å². The summed E-state index contributed by atoms with van der Waals surface area (Å²) in [6.45, 7) is 13.5. The van der Waals surface area contributed by atoms with Crippen molar-refractivity contribution >= 4 is 11.6 Å². The van der Waals surface area contributed by atoms with Crippen LogP contribution in [0.1, 0.15) is 33.3 Å². The molecule has 0 amide bonds. The fraction of sp³-hybridized carbons (Fsp3) is 0.600. The first kappa shape index (κ1) is 17.4. The summed E-state index contributed by atoms with van der Waals surface area (Å²) in [6, 6.07) is 8.12. The fourth-order valence-corrected chi connectivity index (χ4v) is 1.84. The standard InChI is InChI=1S/C11H15ClN2.2C2H6/c12-11-3-1-10(2-4-11)9-14-7-5-13-6-8-14;2*1-2/h1-4,13H,5-9H2;2*1-2H3. The summed E-state index contributed by atoms with van der Waals surface area (Å²) in [5.74, 6) is 0.